The summed E-state index contributed by atoms with van der Waals surface area (Å²) >= 11 is 0. The Kier molecular flexibility index (Phi) is 4.63. The highest BCUT2D eigenvalue weighted by Crippen LogP contribution is 2.19. The summed E-state index contributed by atoms with van der Waals surface area (Å²) in [5.74, 6) is -0.336. The van der Waals surface area contributed by atoms with E-state index in [9.17, 15) is 4.79 Å². The molecule has 0 bridgehead atoms. The van der Waals surface area contributed by atoms with Gasteiger partial charge in [-0.05, 0) is 31.0 Å². The van der Waals surface area contributed by atoms with Crippen LogP contribution in [0.25, 0.3) is 0 Å². The lowest BCUT2D eigenvalue weighted by atomic mass is 10.1. The molecule has 82 valence electrons. The van der Waals surface area contributed by atoms with Crippen LogP contribution in [0, 0.1) is 0 Å². The van der Waals surface area contributed by atoms with Gasteiger partial charge in [-0.1, -0.05) is 18.2 Å². The summed E-state index contributed by atoms with van der Waals surface area (Å²) < 4.78 is 5.16. The minimum Gasteiger partial charge on any atom is -0.482 e. The summed E-state index contributed by atoms with van der Waals surface area (Å²) in [7, 11) is 0. The van der Waals surface area contributed by atoms with Crippen LogP contribution in [0.1, 0.15) is 12.0 Å². The van der Waals surface area contributed by atoms with Crippen molar-refractivity contribution in [2.24, 2.45) is 5.73 Å². The molecule has 1 aromatic carbocycles. The zero-order chi connectivity index (χ0) is 11.1. The van der Waals surface area contributed by atoms with Gasteiger partial charge in [-0.3, -0.25) is 0 Å². The van der Waals surface area contributed by atoms with Gasteiger partial charge in [0.05, 0.1) is 0 Å². The third-order valence-electron chi connectivity index (χ3n) is 1.97. The molecule has 15 heavy (non-hydrogen) atoms. The zero-order valence-electron chi connectivity index (χ0n) is 8.48. The summed E-state index contributed by atoms with van der Waals surface area (Å²) in [4.78, 5) is 10.4. The molecule has 0 aliphatic heterocycles. The first kappa shape index (κ1) is 11.5. The van der Waals surface area contributed by atoms with Crippen LogP contribution < -0.4 is 10.5 Å². The van der Waals surface area contributed by atoms with E-state index in [0.29, 0.717) is 12.3 Å². The number of carbonyl (C=O) groups is 1. The second kappa shape index (κ2) is 6.03. The van der Waals surface area contributed by atoms with Crippen LogP contribution in [0.5, 0.6) is 5.75 Å². The molecule has 4 nitrogen and oxygen atoms in total. The van der Waals surface area contributed by atoms with Gasteiger partial charge in [0.25, 0.3) is 0 Å². The molecule has 0 unspecified atom stereocenters. The van der Waals surface area contributed by atoms with E-state index in [0.717, 1.165) is 18.4 Å². The van der Waals surface area contributed by atoms with Crippen molar-refractivity contribution < 1.29 is 14.6 Å². The van der Waals surface area contributed by atoms with Crippen LogP contribution in [0.2, 0.25) is 0 Å². The largest absolute Gasteiger partial charge is 0.482 e. The molecule has 1 rings (SSSR count). The lowest BCUT2D eigenvalue weighted by molar-refractivity contribution is -0.139. The monoisotopic (exact) mass is 209 g/mol. The maximum atomic E-state index is 10.4. The van der Waals surface area contributed by atoms with Crippen molar-refractivity contribution in [1.82, 2.24) is 0 Å². The molecular formula is C11H15NO3. The number of aryl methyl sites for hydroxylation is 1. The topological polar surface area (TPSA) is 72.5 Å². The Morgan fingerprint density at radius 1 is 1.40 bits per heavy atom. The fourth-order valence-electron chi connectivity index (χ4n) is 1.28. The van der Waals surface area contributed by atoms with Crippen LogP contribution in [-0.2, 0) is 11.2 Å². The zero-order valence-corrected chi connectivity index (χ0v) is 8.48. The van der Waals surface area contributed by atoms with Crippen molar-refractivity contribution in [2.75, 3.05) is 13.2 Å². The predicted octanol–water partition coefficient (Wildman–Crippen LogP) is 1.04. The minimum absolute atomic E-state index is 0.306. The van der Waals surface area contributed by atoms with Crippen LogP contribution in [0.4, 0.5) is 0 Å². The van der Waals surface area contributed by atoms with Crippen molar-refractivity contribution in [1.29, 1.82) is 0 Å². The molecule has 0 aliphatic carbocycles. The Morgan fingerprint density at radius 2 is 2.13 bits per heavy atom. The number of hydrogen-bond donors (Lipinski definition) is 2. The first-order chi connectivity index (χ1) is 7.24. The van der Waals surface area contributed by atoms with E-state index in [-0.39, 0.29) is 6.61 Å². The molecule has 0 aliphatic rings. The summed E-state index contributed by atoms with van der Waals surface area (Å²) in [5, 5.41) is 8.50. The highest BCUT2D eigenvalue weighted by atomic mass is 16.5. The number of carboxylic acids is 1. The molecular weight excluding hydrogens is 194 g/mol. The normalized spacial score (nSPS) is 9.93. The Morgan fingerprint density at radius 3 is 2.80 bits per heavy atom. The standard InChI is InChI=1S/C11H15NO3/c12-7-3-5-9-4-1-2-6-10(9)15-8-11(13)14/h1-2,4,6H,3,5,7-8,12H2,(H,13,14). The van der Waals surface area contributed by atoms with Crippen LogP contribution in [-0.4, -0.2) is 24.2 Å². The van der Waals surface area contributed by atoms with E-state index in [1.807, 2.05) is 18.2 Å². The van der Waals surface area contributed by atoms with Crippen molar-refractivity contribution >= 4 is 5.97 Å². The smallest absolute Gasteiger partial charge is 0.341 e. The molecule has 4 heteroatoms. The predicted molar refractivity (Wildman–Crippen MR) is 56.9 cm³/mol. The number of ether oxygens (including phenoxy) is 1. The Labute approximate surface area is 88.7 Å². The molecule has 1 aromatic rings. The summed E-state index contributed by atoms with van der Waals surface area (Å²) in [6.45, 7) is 0.312. The van der Waals surface area contributed by atoms with E-state index >= 15 is 0 Å². The van der Waals surface area contributed by atoms with Crippen LogP contribution >= 0.6 is 0 Å². The molecule has 0 saturated heterocycles. The van der Waals surface area contributed by atoms with E-state index in [1.54, 1.807) is 6.07 Å². The Balaban J connectivity index is 2.63. The maximum absolute atomic E-state index is 10.4. The quantitative estimate of drug-likeness (QED) is 0.734. The van der Waals surface area contributed by atoms with E-state index in [4.69, 9.17) is 15.6 Å². The molecule has 3 N–H and O–H groups in total. The Bertz CT molecular complexity index is 325. The van der Waals surface area contributed by atoms with Gasteiger partial charge in [-0.25, -0.2) is 4.79 Å². The molecule has 0 fully saturated rings. The number of para-hydroxylation sites is 1. The first-order valence-corrected chi connectivity index (χ1v) is 4.86. The molecule has 0 radical (unpaired) electrons. The van der Waals surface area contributed by atoms with E-state index in [1.165, 1.54) is 0 Å². The lowest BCUT2D eigenvalue weighted by Crippen LogP contribution is -2.10. The third kappa shape index (κ3) is 3.99. The highest BCUT2D eigenvalue weighted by Gasteiger charge is 2.04. The highest BCUT2D eigenvalue weighted by molar-refractivity contribution is 5.68. The van der Waals surface area contributed by atoms with Gasteiger partial charge in [0.2, 0.25) is 0 Å². The third-order valence-corrected chi connectivity index (χ3v) is 1.97. The summed E-state index contributed by atoms with van der Waals surface area (Å²) in [5.41, 5.74) is 6.42. The van der Waals surface area contributed by atoms with Gasteiger partial charge < -0.3 is 15.6 Å². The molecule has 0 spiro atoms. The van der Waals surface area contributed by atoms with Crippen LogP contribution in [0.3, 0.4) is 0 Å². The second-order valence-corrected chi connectivity index (χ2v) is 3.18. The first-order valence-electron chi connectivity index (χ1n) is 4.86. The number of carboxylic acid groups (broad SMARTS) is 1. The molecule has 0 amide bonds. The number of benzene rings is 1. The van der Waals surface area contributed by atoms with Gasteiger partial charge in [-0.2, -0.15) is 0 Å². The van der Waals surface area contributed by atoms with Gasteiger partial charge in [0.15, 0.2) is 6.61 Å². The summed E-state index contributed by atoms with van der Waals surface area (Å²) in [6.07, 6.45) is 1.68. The van der Waals surface area contributed by atoms with Gasteiger partial charge in [0, 0.05) is 0 Å². The maximum Gasteiger partial charge on any atom is 0.341 e. The number of hydrogen-bond acceptors (Lipinski definition) is 3. The van der Waals surface area contributed by atoms with Crippen molar-refractivity contribution in [3.63, 3.8) is 0 Å². The second-order valence-electron chi connectivity index (χ2n) is 3.18. The van der Waals surface area contributed by atoms with Crippen LogP contribution in [0.15, 0.2) is 24.3 Å². The average Bonchev–Trinajstić information content (AvgIpc) is 2.24. The van der Waals surface area contributed by atoms with Gasteiger partial charge in [-0.15, -0.1) is 0 Å². The van der Waals surface area contributed by atoms with Gasteiger partial charge >= 0.3 is 5.97 Å². The lowest BCUT2D eigenvalue weighted by Gasteiger charge is -2.08. The molecule has 0 aromatic heterocycles. The van der Waals surface area contributed by atoms with E-state index < -0.39 is 5.97 Å². The average molecular weight is 209 g/mol. The molecule has 0 saturated carbocycles. The molecule has 0 heterocycles. The Hall–Kier alpha value is -1.55. The van der Waals surface area contributed by atoms with E-state index in [2.05, 4.69) is 0 Å². The SMILES string of the molecule is NCCCc1ccccc1OCC(=O)O. The number of aliphatic carboxylic acids is 1. The fraction of sp³-hybridized carbons (Fsp3) is 0.364. The summed E-state index contributed by atoms with van der Waals surface area (Å²) in [6, 6.07) is 7.42. The van der Waals surface area contributed by atoms with Gasteiger partial charge in [0.1, 0.15) is 5.75 Å². The van der Waals surface area contributed by atoms with Crippen molar-refractivity contribution in [3.05, 3.63) is 29.8 Å². The number of rotatable bonds is 6. The number of nitrogens with two attached hydrogens (primary N) is 1. The van der Waals surface area contributed by atoms with Crippen molar-refractivity contribution in [2.45, 2.75) is 12.8 Å². The fourth-order valence-corrected chi connectivity index (χ4v) is 1.28. The molecule has 0 atom stereocenters. The minimum atomic E-state index is -0.969. The van der Waals surface area contributed by atoms with Crippen molar-refractivity contribution in [3.8, 4) is 5.75 Å².